The van der Waals surface area contributed by atoms with E-state index in [0.717, 1.165) is 52.2 Å². The molecule has 7 heteroatoms. The van der Waals surface area contributed by atoms with Crippen molar-refractivity contribution in [3.63, 3.8) is 0 Å². The van der Waals surface area contributed by atoms with Crippen LogP contribution in [0.1, 0.15) is 25.7 Å². The fraction of sp³-hybridized carbons (Fsp3) is 0.882. The number of hydrogen-bond donors (Lipinski definition) is 3. The molecule has 2 heterocycles. The fourth-order valence-electron chi connectivity index (χ4n) is 3.62. The van der Waals surface area contributed by atoms with Gasteiger partial charge in [0.15, 0.2) is 6.54 Å². The second-order valence-corrected chi connectivity index (χ2v) is 7.61. The number of rotatable bonds is 7. The molecule has 0 radical (unpaired) electrons. The van der Waals surface area contributed by atoms with Gasteiger partial charge in [0.2, 0.25) is 5.91 Å². The van der Waals surface area contributed by atoms with Crippen molar-refractivity contribution in [1.82, 2.24) is 10.2 Å². The topological polar surface area (TPSA) is 67.5 Å². The predicted octanol–water partition coefficient (Wildman–Crippen LogP) is -3.31. The van der Waals surface area contributed by atoms with Crippen LogP contribution in [0.5, 0.6) is 0 Å². The first-order valence-corrected chi connectivity index (χ1v) is 9.42. The molecule has 136 valence electrons. The van der Waals surface area contributed by atoms with Crippen LogP contribution in [0, 0.1) is 0 Å². The highest BCUT2D eigenvalue weighted by molar-refractivity contribution is 5.85. The van der Waals surface area contributed by atoms with E-state index in [-0.39, 0.29) is 18.4 Å². The van der Waals surface area contributed by atoms with E-state index in [0.29, 0.717) is 18.7 Å². The van der Waals surface area contributed by atoms with Gasteiger partial charge < -0.3 is 24.8 Å². The molecule has 3 fully saturated rings. The lowest BCUT2D eigenvalue weighted by atomic mass is 10.2. The molecular formula is C17H32N4O3+2. The number of carbonyl (C=O) groups is 2. The van der Waals surface area contributed by atoms with Crippen molar-refractivity contribution in [2.75, 3.05) is 59.5 Å². The van der Waals surface area contributed by atoms with Gasteiger partial charge in [0.25, 0.3) is 5.91 Å². The molecule has 0 aromatic heterocycles. The third kappa shape index (κ3) is 5.43. The van der Waals surface area contributed by atoms with Crippen molar-refractivity contribution in [3.05, 3.63) is 0 Å². The Morgan fingerprint density at radius 2 is 1.83 bits per heavy atom. The summed E-state index contributed by atoms with van der Waals surface area (Å²) < 4.78 is 5.72. The van der Waals surface area contributed by atoms with Crippen LogP contribution in [0.15, 0.2) is 0 Å². The molecule has 3 N–H and O–H groups in total. The maximum Gasteiger partial charge on any atom is 0.277 e. The van der Waals surface area contributed by atoms with Gasteiger partial charge in [-0.3, -0.25) is 9.59 Å². The molecule has 1 saturated carbocycles. The minimum atomic E-state index is -0.0332. The highest BCUT2D eigenvalue weighted by Crippen LogP contribution is 2.18. The fourth-order valence-corrected chi connectivity index (χ4v) is 3.62. The van der Waals surface area contributed by atoms with Gasteiger partial charge in [-0.15, -0.1) is 0 Å². The Hall–Kier alpha value is -1.18. The number of quaternary nitrogens is 2. The summed E-state index contributed by atoms with van der Waals surface area (Å²) in [7, 11) is 1.73. The van der Waals surface area contributed by atoms with Crippen molar-refractivity contribution >= 4 is 11.8 Å². The van der Waals surface area contributed by atoms with Crippen molar-refractivity contribution in [2.45, 2.75) is 37.8 Å². The summed E-state index contributed by atoms with van der Waals surface area (Å²) in [6.07, 6.45) is 4.99. The van der Waals surface area contributed by atoms with Crippen molar-refractivity contribution in [1.29, 1.82) is 0 Å². The largest absolute Gasteiger partial charge is 0.372 e. The van der Waals surface area contributed by atoms with Crippen molar-refractivity contribution < 1.29 is 24.1 Å². The van der Waals surface area contributed by atoms with Crippen LogP contribution in [0.2, 0.25) is 0 Å². The molecule has 3 rings (SSSR count). The smallest absolute Gasteiger partial charge is 0.277 e. The number of piperazine rings is 1. The number of carbonyl (C=O) groups excluding carboxylic acids is 2. The molecule has 24 heavy (non-hydrogen) atoms. The van der Waals surface area contributed by atoms with Crippen LogP contribution in [0.3, 0.4) is 0 Å². The van der Waals surface area contributed by atoms with E-state index in [9.17, 15) is 9.59 Å². The average molecular weight is 340 g/mol. The number of nitrogens with zero attached hydrogens (tertiary/aromatic N) is 1. The Bertz CT molecular complexity index is 441. The zero-order valence-electron chi connectivity index (χ0n) is 14.8. The number of likely N-dealkylation sites (N-methyl/N-ethyl adjacent to an activating group) is 1. The summed E-state index contributed by atoms with van der Waals surface area (Å²) in [5, 5.41) is 2.93. The second-order valence-electron chi connectivity index (χ2n) is 7.61. The zero-order valence-corrected chi connectivity index (χ0v) is 14.8. The van der Waals surface area contributed by atoms with E-state index in [2.05, 4.69) is 5.32 Å². The summed E-state index contributed by atoms with van der Waals surface area (Å²) in [6.45, 7) is 6.97. The maximum atomic E-state index is 12.3. The Morgan fingerprint density at radius 1 is 1.12 bits per heavy atom. The van der Waals surface area contributed by atoms with Crippen LogP contribution in [0.4, 0.5) is 0 Å². The first-order chi connectivity index (χ1) is 11.6. The monoisotopic (exact) mass is 340 g/mol. The minimum Gasteiger partial charge on any atom is -0.372 e. The van der Waals surface area contributed by atoms with Crippen LogP contribution in [-0.4, -0.2) is 88.3 Å². The number of amides is 2. The summed E-state index contributed by atoms with van der Waals surface area (Å²) in [6, 6.07) is 0.353. The Balaban J connectivity index is 1.32. The predicted molar refractivity (Wildman–Crippen MR) is 88.9 cm³/mol. The van der Waals surface area contributed by atoms with Gasteiger partial charge in [0.05, 0.1) is 6.54 Å². The van der Waals surface area contributed by atoms with E-state index in [1.54, 1.807) is 16.8 Å². The molecule has 0 unspecified atom stereocenters. The number of ether oxygens (including phenoxy) is 1. The van der Waals surface area contributed by atoms with Gasteiger partial charge in [0.1, 0.15) is 38.8 Å². The number of hydrogen-bond acceptors (Lipinski definition) is 3. The summed E-state index contributed by atoms with van der Waals surface area (Å²) >= 11 is 0. The Labute approximate surface area is 144 Å². The van der Waals surface area contributed by atoms with E-state index in [1.807, 2.05) is 0 Å². The number of nitrogens with one attached hydrogen (secondary N) is 3. The molecule has 2 amide bonds. The average Bonchev–Trinajstić information content (AvgIpc) is 3.21. The minimum absolute atomic E-state index is 0.0332. The van der Waals surface area contributed by atoms with Crippen molar-refractivity contribution in [2.24, 2.45) is 0 Å². The van der Waals surface area contributed by atoms with Crippen LogP contribution < -0.4 is 15.1 Å². The van der Waals surface area contributed by atoms with Crippen LogP contribution in [-0.2, 0) is 14.3 Å². The molecule has 3 aliphatic rings. The van der Waals surface area contributed by atoms with Crippen molar-refractivity contribution in [3.8, 4) is 0 Å². The quantitative estimate of drug-likeness (QED) is 0.455. The first kappa shape index (κ1) is 17.6. The van der Waals surface area contributed by atoms with Gasteiger partial charge in [-0.1, -0.05) is 0 Å². The first-order valence-electron chi connectivity index (χ1n) is 9.42. The molecule has 0 aromatic carbocycles. The van der Waals surface area contributed by atoms with Crippen LogP contribution in [0.25, 0.3) is 0 Å². The molecule has 2 aliphatic heterocycles. The lowest BCUT2D eigenvalue weighted by Crippen LogP contribution is -3.28. The Kier molecular flexibility index (Phi) is 6.08. The summed E-state index contributed by atoms with van der Waals surface area (Å²) in [5.74, 6) is 0.0349. The highest BCUT2D eigenvalue weighted by Gasteiger charge is 2.30. The lowest BCUT2D eigenvalue weighted by molar-refractivity contribution is -1.01. The third-order valence-corrected chi connectivity index (χ3v) is 5.35. The van der Waals surface area contributed by atoms with E-state index < -0.39 is 0 Å². The van der Waals surface area contributed by atoms with Gasteiger partial charge in [-0.25, -0.2) is 0 Å². The summed E-state index contributed by atoms with van der Waals surface area (Å²) in [4.78, 5) is 28.6. The molecule has 1 atom stereocenters. The van der Waals surface area contributed by atoms with E-state index in [4.69, 9.17) is 4.74 Å². The second kappa shape index (κ2) is 8.27. The Morgan fingerprint density at radius 3 is 2.46 bits per heavy atom. The molecule has 0 spiro atoms. The standard InChI is InChI=1S/C17H30N4O3/c1-19(12-16(22)18-14-4-5-14)17(23)13-21-8-6-20(7-9-21)11-15-3-2-10-24-15/h14-15H,2-13H2,1H3,(H,18,22)/p+2/t15-/m1/s1. The normalized spacial score (nSPS) is 30.1. The third-order valence-electron chi connectivity index (χ3n) is 5.35. The molecule has 0 bridgehead atoms. The van der Waals surface area contributed by atoms with Gasteiger partial charge in [-0.05, 0) is 25.7 Å². The van der Waals surface area contributed by atoms with Crippen LogP contribution >= 0.6 is 0 Å². The van der Waals surface area contributed by atoms with E-state index in [1.165, 1.54) is 17.7 Å². The molecule has 1 aliphatic carbocycles. The SMILES string of the molecule is CN(CC(=O)NC1CC1)C(=O)C[NH+]1CC[NH+](C[C@H]2CCCO2)CC1. The lowest BCUT2D eigenvalue weighted by Gasteiger charge is -2.31. The van der Waals surface area contributed by atoms with Gasteiger partial charge in [-0.2, -0.15) is 0 Å². The van der Waals surface area contributed by atoms with E-state index >= 15 is 0 Å². The molecule has 7 nitrogen and oxygen atoms in total. The molecular weight excluding hydrogens is 308 g/mol. The molecule has 0 aromatic rings. The zero-order chi connectivity index (χ0) is 16.9. The highest BCUT2D eigenvalue weighted by atomic mass is 16.5. The van der Waals surface area contributed by atoms with Gasteiger partial charge >= 0.3 is 0 Å². The summed E-state index contributed by atoms with van der Waals surface area (Å²) in [5.41, 5.74) is 0. The van der Waals surface area contributed by atoms with Gasteiger partial charge in [0, 0.05) is 19.7 Å². The molecule has 2 saturated heterocycles. The maximum absolute atomic E-state index is 12.3.